The van der Waals surface area contributed by atoms with Crippen LogP contribution in [0, 0.1) is 11.8 Å². The Hall–Kier alpha value is -1.56. The molecule has 0 aliphatic rings. The second-order valence-electron chi connectivity index (χ2n) is 5.64. The molecule has 1 unspecified atom stereocenters. The van der Waals surface area contributed by atoms with E-state index in [2.05, 4.69) is 81.4 Å². The molecule has 0 N–H and O–H groups in total. The van der Waals surface area contributed by atoms with Gasteiger partial charge in [0.2, 0.25) is 0 Å². The maximum Gasteiger partial charge on any atom is -0.00762 e. The summed E-state index contributed by atoms with van der Waals surface area (Å²) in [6.45, 7) is 6.92. The SMILES string of the molecule is C[C](Cc1ccccc1)C(c1ccccc1)C(C)C. The van der Waals surface area contributed by atoms with Crippen molar-refractivity contribution in [3.8, 4) is 0 Å². The van der Waals surface area contributed by atoms with Crippen molar-refractivity contribution in [2.24, 2.45) is 5.92 Å². The summed E-state index contributed by atoms with van der Waals surface area (Å²) in [5.41, 5.74) is 2.84. The van der Waals surface area contributed by atoms with Gasteiger partial charge in [0.25, 0.3) is 0 Å². The molecule has 2 rings (SSSR count). The number of hydrogen-bond acceptors (Lipinski definition) is 0. The molecule has 0 saturated carbocycles. The van der Waals surface area contributed by atoms with E-state index in [1.54, 1.807) is 5.92 Å². The van der Waals surface area contributed by atoms with Crippen LogP contribution >= 0.6 is 0 Å². The van der Waals surface area contributed by atoms with Crippen molar-refractivity contribution in [1.29, 1.82) is 0 Å². The molecule has 0 aromatic heterocycles. The van der Waals surface area contributed by atoms with Crippen LogP contribution in [0.1, 0.15) is 37.8 Å². The highest BCUT2D eigenvalue weighted by Crippen LogP contribution is 2.35. The van der Waals surface area contributed by atoms with Gasteiger partial charge in [-0.2, -0.15) is 0 Å². The molecule has 0 heteroatoms. The fourth-order valence-corrected chi connectivity index (χ4v) is 2.93. The highest BCUT2D eigenvalue weighted by atomic mass is 14.3. The quantitative estimate of drug-likeness (QED) is 0.679. The molecule has 0 spiro atoms. The summed E-state index contributed by atoms with van der Waals surface area (Å²) >= 11 is 0. The zero-order valence-corrected chi connectivity index (χ0v) is 12.1. The van der Waals surface area contributed by atoms with E-state index in [-0.39, 0.29) is 0 Å². The first kappa shape index (κ1) is 13.9. The van der Waals surface area contributed by atoms with Crippen LogP contribution in [0.4, 0.5) is 0 Å². The van der Waals surface area contributed by atoms with Crippen molar-refractivity contribution in [3.63, 3.8) is 0 Å². The van der Waals surface area contributed by atoms with Crippen LogP contribution in [-0.4, -0.2) is 0 Å². The monoisotopic (exact) mass is 251 g/mol. The van der Waals surface area contributed by atoms with Gasteiger partial charge in [0.05, 0.1) is 0 Å². The molecule has 19 heavy (non-hydrogen) atoms. The molecule has 0 fully saturated rings. The molecule has 99 valence electrons. The summed E-state index contributed by atoms with van der Waals surface area (Å²) in [7, 11) is 0. The molecule has 0 bridgehead atoms. The molecule has 1 atom stereocenters. The summed E-state index contributed by atoms with van der Waals surface area (Å²) in [5.74, 6) is 2.72. The molecule has 2 aromatic carbocycles. The minimum Gasteiger partial charge on any atom is -0.0622 e. The van der Waals surface area contributed by atoms with Gasteiger partial charge in [0, 0.05) is 0 Å². The third-order valence-electron chi connectivity index (χ3n) is 3.68. The minimum atomic E-state index is 0.543. The van der Waals surface area contributed by atoms with Crippen LogP contribution in [0.15, 0.2) is 60.7 Å². The van der Waals surface area contributed by atoms with Gasteiger partial charge in [0.1, 0.15) is 0 Å². The lowest BCUT2D eigenvalue weighted by atomic mass is 9.77. The summed E-state index contributed by atoms with van der Waals surface area (Å²) in [5, 5.41) is 0. The molecule has 1 radical (unpaired) electrons. The van der Waals surface area contributed by atoms with Crippen LogP contribution in [0.5, 0.6) is 0 Å². The van der Waals surface area contributed by atoms with Crippen LogP contribution in [-0.2, 0) is 6.42 Å². The predicted octanol–water partition coefficient (Wildman–Crippen LogP) is 5.26. The van der Waals surface area contributed by atoms with Crippen LogP contribution in [0.2, 0.25) is 0 Å². The first-order valence-corrected chi connectivity index (χ1v) is 7.09. The summed E-state index contributed by atoms with van der Waals surface area (Å²) in [6.07, 6.45) is 1.07. The zero-order valence-electron chi connectivity index (χ0n) is 12.1. The van der Waals surface area contributed by atoms with Gasteiger partial charge >= 0.3 is 0 Å². The van der Waals surface area contributed by atoms with E-state index in [1.165, 1.54) is 11.1 Å². The average molecular weight is 251 g/mol. The molecule has 0 aliphatic carbocycles. The largest absolute Gasteiger partial charge is 0.0622 e. The van der Waals surface area contributed by atoms with Crippen molar-refractivity contribution in [1.82, 2.24) is 0 Å². The van der Waals surface area contributed by atoms with Crippen molar-refractivity contribution in [3.05, 3.63) is 77.7 Å². The lowest BCUT2D eigenvalue weighted by Gasteiger charge is -2.27. The number of hydrogen-bond donors (Lipinski definition) is 0. The second kappa shape index (κ2) is 6.56. The fourth-order valence-electron chi connectivity index (χ4n) is 2.93. The number of benzene rings is 2. The van der Waals surface area contributed by atoms with Crippen LogP contribution in [0.25, 0.3) is 0 Å². The van der Waals surface area contributed by atoms with Crippen molar-refractivity contribution in [2.75, 3.05) is 0 Å². The molecule has 2 aromatic rings. The first-order chi connectivity index (χ1) is 9.18. The van der Waals surface area contributed by atoms with Crippen molar-refractivity contribution >= 4 is 0 Å². The minimum absolute atomic E-state index is 0.543. The lowest BCUT2D eigenvalue weighted by molar-refractivity contribution is 0.499. The van der Waals surface area contributed by atoms with Gasteiger partial charge < -0.3 is 0 Å². The fraction of sp³-hybridized carbons (Fsp3) is 0.316. The van der Waals surface area contributed by atoms with Gasteiger partial charge in [-0.15, -0.1) is 0 Å². The Bertz CT molecular complexity index is 470. The van der Waals surface area contributed by atoms with Gasteiger partial charge in [-0.1, -0.05) is 81.4 Å². The van der Waals surface area contributed by atoms with Crippen LogP contribution in [0.3, 0.4) is 0 Å². The van der Waals surface area contributed by atoms with Crippen molar-refractivity contribution in [2.45, 2.75) is 33.1 Å². The summed E-state index contributed by atoms with van der Waals surface area (Å²) in [4.78, 5) is 0. The Morgan fingerprint density at radius 1 is 0.842 bits per heavy atom. The third kappa shape index (κ3) is 3.70. The summed E-state index contributed by atoms with van der Waals surface area (Å²) in [6, 6.07) is 21.6. The first-order valence-electron chi connectivity index (χ1n) is 7.09. The normalized spacial score (nSPS) is 12.9. The van der Waals surface area contributed by atoms with Gasteiger partial charge in [-0.3, -0.25) is 0 Å². The maximum absolute atomic E-state index is 2.31. The highest BCUT2D eigenvalue weighted by Gasteiger charge is 2.23. The van der Waals surface area contributed by atoms with E-state index in [9.17, 15) is 0 Å². The summed E-state index contributed by atoms with van der Waals surface area (Å²) < 4.78 is 0. The molecular weight excluding hydrogens is 228 g/mol. The Morgan fingerprint density at radius 3 is 1.89 bits per heavy atom. The maximum atomic E-state index is 2.31. The second-order valence-corrected chi connectivity index (χ2v) is 5.64. The Labute approximate surface area is 117 Å². The van der Waals surface area contributed by atoms with Crippen molar-refractivity contribution < 1.29 is 0 Å². The molecule has 0 heterocycles. The van der Waals surface area contributed by atoms with E-state index in [1.807, 2.05) is 0 Å². The van der Waals surface area contributed by atoms with Crippen LogP contribution < -0.4 is 0 Å². The van der Waals surface area contributed by atoms with E-state index in [0.29, 0.717) is 11.8 Å². The molecule has 0 amide bonds. The number of rotatable bonds is 5. The third-order valence-corrected chi connectivity index (χ3v) is 3.68. The van der Waals surface area contributed by atoms with E-state index in [4.69, 9.17) is 0 Å². The average Bonchev–Trinajstić information content (AvgIpc) is 2.40. The molecule has 0 saturated heterocycles. The molecular formula is C19H23. The topological polar surface area (TPSA) is 0 Å². The van der Waals surface area contributed by atoms with E-state index in [0.717, 1.165) is 6.42 Å². The van der Waals surface area contributed by atoms with Gasteiger partial charge in [-0.25, -0.2) is 0 Å². The zero-order chi connectivity index (χ0) is 13.7. The Balaban J connectivity index is 2.16. The highest BCUT2D eigenvalue weighted by molar-refractivity contribution is 5.29. The lowest BCUT2D eigenvalue weighted by Crippen LogP contribution is -2.16. The van der Waals surface area contributed by atoms with Gasteiger partial charge in [0.15, 0.2) is 0 Å². The smallest absolute Gasteiger partial charge is 0.00762 e. The van der Waals surface area contributed by atoms with Gasteiger partial charge in [-0.05, 0) is 35.3 Å². The molecule has 0 aliphatic heterocycles. The van der Waals surface area contributed by atoms with E-state index >= 15 is 0 Å². The standard InChI is InChI=1S/C19H23/c1-15(2)19(18-12-8-5-9-13-18)16(3)14-17-10-6-4-7-11-17/h4-13,15,19H,14H2,1-3H3. The van der Waals surface area contributed by atoms with E-state index < -0.39 is 0 Å². The Morgan fingerprint density at radius 2 is 1.37 bits per heavy atom. The Kier molecular flexibility index (Phi) is 4.79. The predicted molar refractivity (Wildman–Crippen MR) is 83.1 cm³/mol. The molecule has 0 nitrogen and oxygen atoms in total.